The van der Waals surface area contributed by atoms with Gasteiger partial charge in [0.15, 0.2) is 0 Å². The van der Waals surface area contributed by atoms with E-state index in [9.17, 15) is 59.1 Å². The summed E-state index contributed by atoms with van der Waals surface area (Å²) in [6, 6.07) is 30.5. The summed E-state index contributed by atoms with van der Waals surface area (Å²) in [5.74, 6) is -2.43. The van der Waals surface area contributed by atoms with Crippen molar-refractivity contribution in [1.29, 1.82) is 0 Å². The third kappa shape index (κ3) is 20.2. The fourth-order valence-electron chi connectivity index (χ4n) is 13.7. The first-order valence-corrected chi connectivity index (χ1v) is 40.0. The first-order valence-electron chi connectivity index (χ1n) is 34.8. The third-order valence-electron chi connectivity index (χ3n) is 19.7. The molecular weight excluding hydrogens is 1420 g/mol. The van der Waals surface area contributed by atoms with Crippen LogP contribution in [0.4, 0.5) is 24.5 Å². The molecule has 1 aromatic heterocycles. The number of halogens is 4. The molecule has 28 heteroatoms. The number of sulfone groups is 1. The number of allylic oxidation sites excluding steroid dienone is 1. The number of alkyl halides is 3. The van der Waals surface area contributed by atoms with Gasteiger partial charge in [-0.3, -0.25) is 33.8 Å². The summed E-state index contributed by atoms with van der Waals surface area (Å²) in [6.07, 6.45) is 2.54. The van der Waals surface area contributed by atoms with Crippen molar-refractivity contribution >= 4 is 101 Å². The van der Waals surface area contributed by atoms with E-state index in [4.69, 9.17) is 11.6 Å². The molecule has 0 unspecified atom stereocenters. The average Bonchev–Trinajstić information content (AvgIpc) is 1.20. The highest BCUT2D eigenvalue weighted by atomic mass is 35.5. The molecule has 1 aliphatic carbocycles. The largest absolute Gasteiger partial charge is 0.501 e. The van der Waals surface area contributed by atoms with Crippen molar-refractivity contribution in [2.45, 2.75) is 150 Å². The number of hydrogen-bond acceptors (Lipinski definition) is 17. The Labute approximate surface area is 615 Å². The summed E-state index contributed by atoms with van der Waals surface area (Å²) in [5.41, 5.74) is 2.37. The summed E-state index contributed by atoms with van der Waals surface area (Å²) in [6.45, 7) is 19.3. The Morgan fingerprint density at radius 1 is 0.806 bits per heavy atom. The monoisotopic (exact) mass is 1510 g/mol. The number of aryl methyl sites for hydroxylation is 1. The number of piperazine rings is 2. The van der Waals surface area contributed by atoms with E-state index in [-0.39, 0.29) is 61.3 Å². The molecule has 5 amide bonds. The van der Waals surface area contributed by atoms with Gasteiger partial charge >= 0.3 is 5.51 Å². The van der Waals surface area contributed by atoms with E-state index in [1.54, 1.807) is 54.7 Å². The van der Waals surface area contributed by atoms with Crippen molar-refractivity contribution in [3.05, 3.63) is 160 Å². The number of aliphatic hydroxyl groups is 1. The zero-order valence-corrected chi connectivity index (χ0v) is 63.1. The van der Waals surface area contributed by atoms with Gasteiger partial charge in [0.05, 0.1) is 38.8 Å². The van der Waals surface area contributed by atoms with Crippen LogP contribution < -0.4 is 25.6 Å². The number of carbonyl (C=O) groups is 5. The molecule has 4 aliphatic rings. The predicted molar refractivity (Wildman–Crippen MR) is 398 cm³/mol. The number of β-amino-alcohol motifs (C(OH)–C–C–N with tert-alkyl or cyclic N) is 1. The number of likely N-dealkylation sites (tertiary alicyclic amines) is 1. The number of sulfonamides is 1. The van der Waals surface area contributed by atoms with Crippen LogP contribution in [0.25, 0.3) is 16.0 Å². The number of thiazole rings is 1. The second-order valence-electron chi connectivity index (χ2n) is 29.0. The van der Waals surface area contributed by atoms with Crippen LogP contribution in [0.5, 0.6) is 0 Å². The zero-order chi connectivity index (χ0) is 74.2. The lowest BCUT2D eigenvalue weighted by Gasteiger charge is -2.39. The molecule has 20 nitrogen and oxygen atoms in total. The molecule has 3 fully saturated rings. The summed E-state index contributed by atoms with van der Waals surface area (Å²) < 4.78 is 100. The normalized spacial score (nSPS) is 18.8. The Balaban J connectivity index is 0.713. The molecular formula is C75H92ClF3N10O10S4. The van der Waals surface area contributed by atoms with Crippen LogP contribution in [0.3, 0.4) is 0 Å². The molecule has 103 heavy (non-hydrogen) atoms. The third-order valence-corrected chi connectivity index (χ3v) is 24.9. The van der Waals surface area contributed by atoms with Crippen molar-refractivity contribution < 1.29 is 59.1 Å². The molecule has 0 saturated carbocycles. The maximum atomic E-state index is 14.6. The number of rotatable bonds is 26. The molecule has 0 bridgehead atoms. The molecule has 4 heterocycles. The molecule has 3 aliphatic heterocycles. The maximum absolute atomic E-state index is 14.6. The maximum Gasteiger partial charge on any atom is 0.501 e. The molecule has 6 aromatic rings. The molecule has 554 valence electrons. The van der Waals surface area contributed by atoms with Crippen LogP contribution >= 0.6 is 34.7 Å². The van der Waals surface area contributed by atoms with E-state index in [1.807, 2.05) is 85.3 Å². The fraction of sp³-hybridized carbons (Fsp3) is 0.467. The van der Waals surface area contributed by atoms with E-state index in [2.05, 4.69) is 61.6 Å². The van der Waals surface area contributed by atoms with Crippen molar-refractivity contribution in [3.63, 3.8) is 0 Å². The fourth-order valence-corrected chi connectivity index (χ4v) is 17.6. The number of aliphatic hydroxyl groups excluding tert-OH is 1. The average molecular weight is 1510 g/mol. The number of nitrogens with zero attached hydrogens (tertiary/aromatic N) is 6. The van der Waals surface area contributed by atoms with Gasteiger partial charge in [-0.05, 0) is 146 Å². The molecule has 10 rings (SSSR count). The number of thioether (sulfide) groups is 1. The number of anilines is 2. The number of amides is 5. The summed E-state index contributed by atoms with van der Waals surface area (Å²) in [5, 5.41) is 20.3. The van der Waals surface area contributed by atoms with Crippen LogP contribution in [0.15, 0.2) is 147 Å². The van der Waals surface area contributed by atoms with Crippen LogP contribution in [0.2, 0.25) is 5.02 Å². The van der Waals surface area contributed by atoms with Gasteiger partial charge in [-0.1, -0.05) is 106 Å². The van der Waals surface area contributed by atoms with Crippen molar-refractivity contribution in [2.24, 2.45) is 10.8 Å². The van der Waals surface area contributed by atoms with E-state index in [0.717, 1.165) is 83.3 Å². The Morgan fingerprint density at radius 3 is 2.11 bits per heavy atom. The smallest absolute Gasteiger partial charge is 0.391 e. The molecule has 0 spiro atoms. The van der Waals surface area contributed by atoms with Crippen molar-refractivity contribution in [1.82, 2.24) is 39.9 Å². The van der Waals surface area contributed by atoms with Gasteiger partial charge in [0.25, 0.3) is 25.8 Å². The van der Waals surface area contributed by atoms with Gasteiger partial charge in [0.1, 0.15) is 17.0 Å². The van der Waals surface area contributed by atoms with Gasteiger partial charge in [-0.15, -0.1) is 23.1 Å². The molecule has 5 atom stereocenters. The Hall–Kier alpha value is -7.37. The number of carbonyl (C=O) groups excluding carboxylic acids is 5. The topological polar surface area (TPSA) is 251 Å². The predicted octanol–water partition coefficient (Wildman–Crippen LogP) is 11.6. The number of nitrogens with one attached hydrogen (secondary N) is 4. The van der Waals surface area contributed by atoms with Gasteiger partial charge < -0.3 is 35.8 Å². The highest BCUT2D eigenvalue weighted by Gasteiger charge is 2.49. The Bertz CT molecular complexity index is 4260. The van der Waals surface area contributed by atoms with E-state index >= 15 is 0 Å². The number of benzene rings is 5. The Kier molecular flexibility index (Phi) is 25.4. The van der Waals surface area contributed by atoms with Crippen LogP contribution in [0, 0.1) is 17.8 Å². The lowest BCUT2D eigenvalue weighted by atomic mass is 9.73. The molecule has 5 N–H and O–H groups in total. The summed E-state index contributed by atoms with van der Waals surface area (Å²) in [4.78, 5) is 82.7. The second-order valence-corrected chi connectivity index (χ2v) is 35.0. The van der Waals surface area contributed by atoms with Gasteiger partial charge in [0.2, 0.25) is 23.6 Å². The number of aromatic nitrogens is 1. The van der Waals surface area contributed by atoms with E-state index in [0.29, 0.717) is 56.9 Å². The quantitative estimate of drug-likeness (QED) is 0.0317. The first kappa shape index (κ1) is 78.2. The summed E-state index contributed by atoms with van der Waals surface area (Å²) >= 11 is 9.14. The van der Waals surface area contributed by atoms with Gasteiger partial charge in [-0.25, -0.2) is 26.5 Å². The van der Waals surface area contributed by atoms with Crippen molar-refractivity contribution in [3.8, 4) is 10.4 Å². The zero-order valence-electron chi connectivity index (χ0n) is 59.1. The van der Waals surface area contributed by atoms with E-state index in [1.165, 1.54) is 45.5 Å². The minimum Gasteiger partial charge on any atom is -0.391 e. The van der Waals surface area contributed by atoms with Crippen LogP contribution in [0.1, 0.15) is 126 Å². The standard InChI is InChI=1S/C75H92ClF3N10O10S4/c1-49(51-16-18-53(19-17-51)68-50(2)80-48-101-68)81-71(94)64-42-59(90)46-89(64)72(95)69(73(3,4)5)83-66(91)14-11-15-67(92)88-40-34-85(35-41-88)33-31-57(47-100-60-12-9-8-10-13-60)82-63-29-28-61(43-65(63)102(96,97)75(77,78)79)103(98,99)84-70(93)54-22-26-58(27-23-54)87-38-36-86(37-39-87)45-55-44-74(6,7)32-30-62(55)52-20-24-56(76)25-21-52/h8-10,12-13,16-29,43,48-49,57,59,64,69,82,90H,11,14-15,30-42,44-47H2,1-7H3,(H,81,94)(H,83,91)(H,84,93)/t49-,57+,59+,64-,69+/m0/s1. The molecule has 3 saturated heterocycles. The lowest BCUT2D eigenvalue weighted by molar-refractivity contribution is -0.144. The lowest BCUT2D eigenvalue weighted by Crippen LogP contribution is -2.57. The minimum absolute atomic E-state index is 0.0210. The van der Waals surface area contributed by atoms with E-state index < -0.39 is 100 Å². The second kappa shape index (κ2) is 33.4. The van der Waals surface area contributed by atoms with Crippen LogP contribution in [-0.4, -0.2) is 184 Å². The number of hydrogen-bond donors (Lipinski definition) is 5. The Morgan fingerprint density at radius 2 is 1.47 bits per heavy atom. The highest BCUT2D eigenvalue weighted by Crippen LogP contribution is 2.44. The molecule has 5 aromatic carbocycles. The van der Waals surface area contributed by atoms with Gasteiger partial charge in [0, 0.05) is 124 Å². The van der Waals surface area contributed by atoms with Crippen molar-refractivity contribution in [2.75, 3.05) is 88.0 Å². The highest BCUT2D eigenvalue weighted by molar-refractivity contribution is 7.99. The van der Waals surface area contributed by atoms with Gasteiger partial charge in [-0.2, -0.15) is 13.2 Å². The van der Waals surface area contributed by atoms with Crippen LogP contribution in [-0.2, 0) is 39.0 Å². The summed E-state index contributed by atoms with van der Waals surface area (Å²) in [7, 11) is -11.2. The SMILES string of the molecule is Cc1ncsc1-c1ccc([C@H](C)NC(=O)[C@@H]2C[C@@H](O)CN2C(=O)[C@@H](NC(=O)CCCC(=O)N2CCN(CC[C@H](CSc3ccccc3)Nc3ccc(S(=O)(=O)NC(=O)c4ccc(N5CCN(CC6=C(c7ccc(Cl)cc7)CCC(C)(C)C6)CC5)cc4)cc3S(=O)(=O)C(F)(F)F)CC2)C(C)(C)C)cc1. The first-order chi connectivity index (χ1) is 48.7. The molecule has 0 radical (unpaired) electrons. The minimum atomic E-state index is -6.20.